The fourth-order valence-electron chi connectivity index (χ4n) is 3.18. The molecular weight excluding hydrogens is 298 g/mol. The van der Waals surface area contributed by atoms with E-state index in [-0.39, 0.29) is 0 Å². The fourth-order valence-corrected chi connectivity index (χ4v) is 3.18. The van der Waals surface area contributed by atoms with E-state index in [0.29, 0.717) is 17.8 Å². The van der Waals surface area contributed by atoms with Gasteiger partial charge in [-0.1, -0.05) is 36.4 Å². The number of hydrogen-bond donors (Lipinski definition) is 1. The van der Waals surface area contributed by atoms with Gasteiger partial charge in [-0.3, -0.25) is 0 Å². The number of nitrogens with one attached hydrogen (secondary N) is 1. The average molecular weight is 317 g/mol. The Morgan fingerprint density at radius 1 is 1.08 bits per heavy atom. The quantitative estimate of drug-likeness (QED) is 0.791. The van der Waals surface area contributed by atoms with Gasteiger partial charge in [-0.25, -0.2) is 0 Å². The lowest BCUT2D eigenvalue weighted by atomic mass is 10.1. The van der Waals surface area contributed by atoms with E-state index in [9.17, 15) is 0 Å². The van der Waals surface area contributed by atoms with Crippen LogP contribution in [0.15, 0.2) is 54.7 Å². The number of benzene rings is 2. The van der Waals surface area contributed by atoms with Crippen LogP contribution in [0.1, 0.15) is 18.1 Å². The highest BCUT2D eigenvalue weighted by Crippen LogP contribution is 2.36. The second-order valence-corrected chi connectivity index (χ2v) is 6.13. The summed E-state index contributed by atoms with van der Waals surface area (Å²) >= 11 is 0. The van der Waals surface area contributed by atoms with Crippen LogP contribution in [0.3, 0.4) is 0 Å². The molecule has 0 spiro atoms. The number of fused-ring (bicyclic) bond motifs is 1. The van der Waals surface area contributed by atoms with Gasteiger partial charge < -0.3 is 10.2 Å². The molecule has 0 saturated heterocycles. The molecule has 1 aliphatic rings. The topological polar surface area (TPSA) is 53.9 Å². The van der Waals surface area contributed by atoms with Gasteiger partial charge in [-0.2, -0.15) is 10.1 Å². The smallest absolute Gasteiger partial charge is 0.252 e. The van der Waals surface area contributed by atoms with E-state index in [0.717, 1.165) is 17.7 Å². The molecule has 4 rings (SSSR count). The summed E-state index contributed by atoms with van der Waals surface area (Å²) in [6.07, 6.45) is 2.65. The van der Waals surface area contributed by atoms with E-state index < -0.39 is 0 Å². The van der Waals surface area contributed by atoms with Crippen molar-refractivity contribution < 1.29 is 0 Å². The molecule has 5 nitrogen and oxygen atoms in total. The minimum Gasteiger partial charge on any atom is -0.339 e. The molecule has 1 aliphatic heterocycles. The molecular formula is C19H19N5. The SMILES string of the molecule is Cc1ccccc1Nc1cnnc(N2c3ccccc3CC2C)n1. The van der Waals surface area contributed by atoms with Crippen LogP contribution < -0.4 is 10.2 Å². The Morgan fingerprint density at radius 2 is 1.88 bits per heavy atom. The van der Waals surface area contributed by atoms with Gasteiger partial charge in [-0.15, -0.1) is 5.10 Å². The van der Waals surface area contributed by atoms with Crippen molar-refractivity contribution in [1.29, 1.82) is 0 Å². The Labute approximate surface area is 141 Å². The first-order chi connectivity index (χ1) is 11.7. The molecule has 1 atom stereocenters. The summed E-state index contributed by atoms with van der Waals surface area (Å²) in [5, 5.41) is 11.7. The molecule has 2 aromatic carbocycles. The maximum absolute atomic E-state index is 4.68. The zero-order chi connectivity index (χ0) is 16.5. The van der Waals surface area contributed by atoms with Crippen LogP contribution in [0.4, 0.5) is 23.1 Å². The van der Waals surface area contributed by atoms with Gasteiger partial charge in [0.15, 0.2) is 5.82 Å². The van der Waals surface area contributed by atoms with E-state index in [1.54, 1.807) is 6.20 Å². The van der Waals surface area contributed by atoms with Crippen LogP contribution in [-0.2, 0) is 6.42 Å². The third-order valence-corrected chi connectivity index (χ3v) is 4.38. The maximum atomic E-state index is 4.68. The number of aromatic nitrogens is 3. The number of hydrogen-bond acceptors (Lipinski definition) is 5. The molecule has 3 aromatic rings. The van der Waals surface area contributed by atoms with Crippen molar-refractivity contribution in [3.63, 3.8) is 0 Å². The summed E-state index contributed by atoms with van der Waals surface area (Å²) in [4.78, 5) is 6.84. The summed E-state index contributed by atoms with van der Waals surface area (Å²) in [6, 6.07) is 16.8. The molecule has 5 heteroatoms. The van der Waals surface area contributed by atoms with Crippen LogP contribution in [-0.4, -0.2) is 21.2 Å². The number of aryl methyl sites for hydroxylation is 1. The van der Waals surface area contributed by atoms with Crippen molar-refractivity contribution in [2.24, 2.45) is 0 Å². The van der Waals surface area contributed by atoms with Crippen LogP contribution in [0, 0.1) is 6.92 Å². The van der Waals surface area contributed by atoms with E-state index in [1.165, 1.54) is 11.3 Å². The number of rotatable bonds is 3. The summed E-state index contributed by atoms with van der Waals surface area (Å²) < 4.78 is 0. The molecule has 0 radical (unpaired) electrons. The van der Waals surface area contributed by atoms with Crippen LogP contribution in [0.5, 0.6) is 0 Å². The minimum absolute atomic E-state index is 0.318. The first-order valence-electron chi connectivity index (χ1n) is 8.12. The Balaban J connectivity index is 1.67. The Kier molecular flexibility index (Phi) is 3.61. The van der Waals surface area contributed by atoms with Crippen molar-refractivity contribution in [1.82, 2.24) is 15.2 Å². The highest BCUT2D eigenvalue weighted by atomic mass is 15.4. The van der Waals surface area contributed by atoms with Gasteiger partial charge in [0.05, 0.1) is 6.20 Å². The monoisotopic (exact) mass is 317 g/mol. The third kappa shape index (κ3) is 2.58. The van der Waals surface area contributed by atoms with Crippen molar-refractivity contribution in [2.75, 3.05) is 10.2 Å². The van der Waals surface area contributed by atoms with Crippen molar-refractivity contribution in [3.05, 3.63) is 65.9 Å². The van der Waals surface area contributed by atoms with Crippen molar-refractivity contribution in [2.45, 2.75) is 26.3 Å². The molecule has 1 aromatic heterocycles. The lowest BCUT2D eigenvalue weighted by molar-refractivity contribution is 0.730. The number of para-hydroxylation sites is 2. The van der Waals surface area contributed by atoms with E-state index >= 15 is 0 Å². The highest BCUT2D eigenvalue weighted by Gasteiger charge is 2.29. The summed E-state index contributed by atoms with van der Waals surface area (Å²) in [5.41, 5.74) is 4.68. The molecule has 2 heterocycles. The minimum atomic E-state index is 0.318. The standard InChI is InChI=1S/C19H19N5/c1-13-7-3-5-9-16(13)21-18-12-20-23-19(22-18)24-14(2)11-15-8-4-6-10-17(15)24/h3-10,12,14H,11H2,1-2H3,(H,21,22,23). The normalized spacial score (nSPS) is 16.1. The Bertz CT molecular complexity index is 877. The fraction of sp³-hybridized carbons (Fsp3) is 0.211. The van der Waals surface area contributed by atoms with Gasteiger partial charge in [0.1, 0.15) is 0 Å². The second kappa shape index (κ2) is 5.92. The second-order valence-electron chi connectivity index (χ2n) is 6.13. The number of anilines is 4. The van der Waals surface area contributed by atoms with E-state index in [1.807, 2.05) is 24.3 Å². The predicted octanol–water partition coefficient (Wildman–Crippen LogP) is 4.01. The van der Waals surface area contributed by atoms with Crippen LogP contribution >= 0.6 is 0 Å². The summed E-state index contributed by atoms with van der Waals surface area (Å²) in [5.74, 6) is 1.33. The molecule has 24 heavy (non-hydrogen) atoms. The van der Waals surface area contributed by atoms with E-state index in [2.05, 4.69) is 63.5 Å². The maximum Gasteiger partial charge on any atom is 0.252 e. The number of nitrogens with zero attached hydrogens (tertiary/aromatic N) is 4. The predicted molar refractivity (Wildman–Crippen MR) is 96.0 cm³/mol. The first kappa shape index (κ1) is 14.6. The van der Waals surface area contributed by atoms with Crippen molar-refractivity contribution >= 4 is 23.1 Å². The average Bonchev–Trinajstić information content (AvgIpc) is 2.93. The zero-order valence-electron chi connectivity index (χ0n) is 13.8. The highest BCUT2D eigenvalue weighted by molar-refractivity contribution is 5.68. The van der Waals surface area contributed by atoms with Gasteiger partial charge in [-0.05, 0) is 43.5 Å². The van der Waals surface area contributed by atoms with Crippen molar-refractivity contribution in [3.8, 4) is 0 Å². The molecule has 1 unspecified atom stereocenters. The molecule has 0 bridgehead atoms. The Hall–Kier alpha value is -2.95. The molecule has 0 aliphatic carbocycles. The van der Waals surface area contributed by atoms with Gasteiger partial charge in [0, 0.05) is 17.4 Å². The lowest BCUT2D eigenvalue weighted by Gasteiger charge is -2.22. The van der Waals surface area contributed by atoms with Gasteiger partial charge in [0.2, 0.25) is 0 Å². The summed E-state index contributed by atoms with van der Waals surface area (Å²) in [6.45, 7) is 4.25. The van der Waals surface area contributed by atoms with Crippen LogP contribution in [0.25, 0.3) is 0 Å². The van der Waals surface area contributed by atoms with Crippen LogP contribution in [0.2, 0.25) is 0 Å². The zero-order valence-corrected chi connectivity index (χ0v) is 13.8. The van der Waals surface area contributed by atoms with Gasteiger partial charge >= 0.3 is 0 Å². The largest absolute Gasteiger partial charge is 0.339 e. The molecule has 120 valence electrons. The third-order valence-electron chi connectivity index (χ3n) is 4.38. The summed E-state index contributed by atoms with van der Waals surface area (Å²) in [7, 11) is 0. The molecule has 1 N–H and O–H groups in total. The molecule has 0 fully saturated rings. The Morgan fingerprint density at radius 3 is 2.75 bits per heavy atom. The molecule has 0 amide bonds. The van der Waals surface area contributed by atoms with Gasteiger partial charge in [0.25, 0.3) is 5.95 Å². The molecule has 0 saturated carbocycles. The van der Waals surface area contributed by atoms with E-state index in [4.69, 9.17) is 0 Å². The first-order valence-corrected chi connectivity index (χ1v) is 8.12. The lowest BCUT2D eigenvalue weighted by Crippen LogP contribution is -2.26.